The molecule has 0 bridgehead atoms. The zero-order chi connectivity index (χ0) is 22.5. The summed E-state index contributed by atoms with van der Waals surface area (Å²) in [6.45, 7) is 2.79. The summed E-state index contributed by atoms with van der Waals surface area (Å²) < 4.78 is 21.1. The van der Waals surface area contributed by atoms with Crippen LogP contribution in [0.3, 0.4) is 0 Å². The minimum absolute atomic E-state index is 0.0696. The minimum Gasteiger partial charge on any atom is -0.450 e. The van der Waals surface area contributed by atoms with Crippen molar-refractivity contribution in [1.29, 1.82) is 0 Å². The monoisotopic (exact) mass is 447 g/mol. The highest BCUT2D eigenvalue weighted by Crippen LogP contribution is 2.19. The number of hydrogen-bond acceptors (Lipinski definition) is 7. The number of nitrogens with one attached hydrogen (secondary N) is 1. The van der Waals surface area contributed by atoms with Crippen molar-refractivity contribution in [1.82, 2.24) is 24.8 Å². The van der Waals surface area contributed by atoms with Gasteiger partial charge in [-0.3, -0.25) is 0 Å². The lowest BCUT2D eigenvalue weighted by atomic mass is 10.1. The second kappa shape index (κ2) is 9.87. The van der Waals surface area contributed by atoms with E-state index in [1.165, 1.54) is 6.07 Å². The van der Waals surface area contributed by atoms with E-state index in [-0.39, 0.29) is 19.0 Å². The summed E-state index contributed by atoms with van der Waals surface area (Å²) in [5, 5.41) is 3.30. The number of benzene rings is 1. The van der Waals surface area contributed by atoms with Crippen molar-refractivity contribution in [3.63, 3.8) is 0 Å². The lowest BCUT2D eigenvalue weighted by Crippen LogP contribution is -2.26. The number of nitrogens with two attached hydrogens (primary N) is 1. The van der Waals surface area contributed by atoms with Crippen LogP contribution in [-0.4, -0.2) is 46.3 Å². The fourth-order valence-corrected chi connectivity index (χ4v) is 3.57. The predicted octanol–water partition coefficient (Wildman–Crippen LogP) is 2.13. The van der Waals surface area contributed by atoms with Crippen LogP contribution < -0.4 is 21.3 Å². The predicted molar refractivity (Wildman–Crippen MR) is 122 cm³/mol. The molecular weight excluding hydrogens is 420 g/mol. The lowest BCUT2D eigenvalue weighted by molar-refractivity contribution is 0.143. The Balaban J connectivity index is 1.45. The Bertz CT molecular complexity index is 1060. The fraction of sp³-hybridized carbons (Fsp3) is 0.400. The van der Waals surface area contributed by atoms with Gasteiger partial charge in [-0.2, -0.15) is 9.97 Å². The number of halogens is 1. The maximum Gasteiger partial charge on any atom is 0.407 e. The van der Waals surface area contributed by atoms with Crippen LogP contribution in [0, 0.1) is 12.7 Å². The maximum absolute atomic E-state index is 14.0. The minimum atomic E-state index is -0.575. The van der Waals surface area contributed by atoms with Crippen molar-refractivity contribution in [3.05, 3.63) is 35.4 Å². The van der Waals surface area contributed by atoms with Gasteiger partial charge in [0.25, 0.3) is 0 Å². The molecule has 1 amide bonds. The van der Waals surface area contributed by atoms with E-state index in [9.17, 15) is 9.18 Å². The average Bonchev–Trinajstić information content (AvgIpc) is 3.10. The molecule has 2 aromatic heterocycles. The first-order chi connectivity index (χ1) is 14.8. The van der Waals surface area contributed by atoms with Gasteiger partial charge in [0.05, 0.1) is 12.9 Å². The molecule has 0 radical (unpaired) electrons. The quantitative estimate of drug-likeness (QED) is 0.402. The van der Waals surface area contributed by atoms with Crippen molar-refractivity contribution in [2.24, 2.45) is 0 Å². The van der Waals surface area contributed by atoms with E-state index in [1.54, 1.807) is 11.2 Å². The highest BCUT2D eigenvalue weighted by molar-refractivity contribution is 7.27. The first-order valence-corrected chi connectivity index (χ1v) is 10.4. The van der Waals surface area contributed by atoms with Gasteiger partial charge < -0.3 is 25.3 Å². The summed E-state index contributed by atoms with van der Waals surface area (Å²) in [5.74, 6) is 0.510. The van der Waals surface area contributed by atoms with Crippen molar-refractivity contribution in [2.75, 3.05) is 31.3 Å². The number of unbranched alkanes of at least 4 members (excludes halogenated alkanes) is 1. The van der Waals surface area contributed by atoms with Crippen molar-refractivity contribution < 1.29 is 13.9 Å². The molecule has 0 fully saturated rings. The summed E-state index contributed by atoms with van der Waals surface area (Å²) >= 11 is 0. The van der Waals surface area contributed by atoms with E-state index in [2.05, 4.69) is 29.5 Å². The third-order valence-corrected chi connectivity index (χ3v) is 5.20. The molecule has 0 saturated carbocycles. The molecule has 166 valence electrons. The Hall–Kier alpha value is -3.00. The molecular formula is C20H27FN7O2P. The van der Waals surface area contributed by atoms with Crippen molar-refractivity contribution in [2.45, 2.75) is 32.9 Å². The number of anilines is 2. The highest BCUT2D eigenvalue weighted by atomic mass is 31.0. The first-order valence-electron chi connectivity index (χ1n) is 9.87. The highest BCUT2D eigenvalue weighted by Gasteiger charge is 2.13. The molecule has 1 aromatic carbocycles. The third-order valence-electron chi connectivity index (χ3n) is 4.69. The normalized spacial score (nSPS) is 11.0. The number of imidazole rings is 1. The Kier molecular flexibility index (Phi) is 7.22. The molecule has 1 atom stereocenters. The number of aryl methyl sites for hydroxylation is 2. The van der Waals surface area contributed by atoms with Gasteiger partial charge in [0, 0.05) is 32.7 Å². The van der Waals surface area contributed by atoms with E-state index >= 15 is 0 Å². The molecule has 3 rings (SSSR count). The van der Waals surface area contributed by atoms with E-state index in [4.69, 9.17) is 10.5 Å². The van der Waals surface area contributed by atoms with Crippen LogP contribution in [0.4, 0.5) is 21.0 Å². The van der Waals surface area contributed by atoms with Gasteiger partial charge in [-0.25, -0.2) is 14.2 Å². The maximum atomic E-state index is 14.0. The zero-order valence-corrected chi connectivity index (χ0v) is 19.0. The molecule has 11 heteroatoms. The van der Waals surface area contributed by atoms with Crippen LogP contribution in [0.5, 0.6) is 0 Å². The topological polar surface area (TPSA) is 111 Å². The lowest BCUT2D eigenvalue weighted by Gasteiger charge is -2.12. The standard InChI is InChI=1S/C20H27FN7O2P/c1-12-8-14(21)13(15(31)9-12)10-23-20(29)30-7-5-4-6-28-11-24-16-17(22)25-19(27(2)3)26-18(16)28/h8-9,11H,4-7,10,31H2,1-3H3,(H,23,29)(H2,22,25,26). The summed E-state index contributed by atoms with van der Waals surface area (Å²) in [6, 6.07) is 3.28. The number of ether oxygens (including phenoxy) is 1. The first kappa shape index (κ1) is 22.7. The van der Waals surface area contributed by atoms with Crippen LogP contribution in [0.2, 0.25) is 0 Å². The van der Waals surface area contributed by atoms with Crippen LogP contribution >= 0.6 is 9.24 Å². The molecule has 9 nitrogen and oxygen atoms in total. The number of nitrogen functional groups attached to an aromatic ring is 1. The summed E-state index contributed by atoms with van der Waals surface area (Å²) in [4.78, 5) is 26.7. The van der Waals surface area contributed by atoms with Gasteiger partial charge in [0.15, 0.2) is 11.5 Å². The molecule has 0 spiro atoms. The molecule has 0 saturated heterocycles. The van der Waals surface area contributed by atoms with Crippen LogP contribution in [0.15, 0.2) is 18.5 Å². The molecule has 1 unspecified atom stereocenters. The van der Waals surface area contributed by atoms with E-state index in [0.717, 1.165) is 12.0 Å². The van der Waals surface area contributed by atoms with Crippen LogP contribution in [0.1, 0.15) is 24.0 Å². The number of aromatic nitrogens is 4. The molecule has 0 aliphatic rings. The largest absolute Gasteiger partial charge is 0.450 e. The Labute approximate surface area is 182 Å². The third kappa shape index (κ3) is 5.58. The molecule has 0 aliphatic heterocycles. The smallest absolute Gasteiger partial charge is 0.407 e. The van der Waals surface area contributed by atoms with E-state index in [0.29, 0.717) is 46.8 Å². The van der Waals surface area contributed by atoms with Crippen LogP contribution in [-0.2, 0) is 17.8 Å². The Morgan fingerprint density at radius 2 is 2.10 bits per heavy atom. The molecule has 2 heterocycles. The average molecular weight is 447 g/mol. The number of alkyl carbamates (subject to hydrolysis) is 1. The number of nitrogens with zero attached hydrogens (tertiary/aromatic N) is 5. The van der Waals surface area contributed by atoms with Gasteiger partial charge in [-0.15, -0.1) is 9.24 Å². The number of carbonyl (C=O) groups is 1. The van der Waals surface area contributed by atoms with Gasteiger partial charge in [-0.1, -0.05) is 6.07 Å². The Morgan fingerprint density at radius 3 is 2.81 bits per heavy atom. The van der Waals surface area contributed by atoms with Gasteiger partial charge in [0.2, 0.25) is 5.95 Å². The van der Waals surface area contributed by atoms with Crippen molar-refractivity contribution >= 4 is 43.6 Å². The van der Waals surface area contributed by atoms with Gasteiger partial charge in [0.1, 0.15) is 11.3 Å². The molecule has 0 aliphatic carbocycles. The molecule has 31 heavy (non-hydrogen) atoms. The SMILES string of the molecule is Cc1cc(F)c(CNC(=O)OCCCCn2cnc3c(N)nc(N(C)C)nc32)c(P)c1. The van der Waals surface area contributed by atoms with E-state index in [1.807, 2.05) is 31.7 Å². The Morgan fingerprint density at radius 1 is 1.32 bits per heavy atom. The number of hydrogen-bond donors (Lipinski definition) is 2. The molecule has 3 N–H and O–H groups in total. The number of amides is 1. The number of fused-ring (bicyclic) bond motifs is 1. The second-order valence-corrected chi connectivity index (χ2v) is 8.05. The van der Waals surface area contributed by atoms with Gasteiger partial charge >= 0.3 is 6.09 Å². The summed E-state index contributed by atoms with van der Waals surface area (Å²) in [7, 11) is 6.17. The molecule has 3 aromatic rings. The van der Waals surface area contributed by atoms with Gasteiger partial charge in [-0.05, 0) is 36.7 Å². The second-order valence-electron chi connectivity index (χ2n) is 7.42. The summed E-state index contributed by atoms with van der Waals surface area (Å²) in [5.41, 5.74) is 8.46. The zero-order valence-electron chi connectivity index (χ0n) is 17.9. The number of carbonyl (C=O) groups excluding carboxylic acids is 1. The van der Waals surface area contributed by atoms with Crippen LogP contribution in [0.25, 0.3) is 11.2 Å². The van der Waals surface area contributed by atoms with Crippen molar-refractivity contribution in [3.8, 4) is 0 Å². The fourth-order valence-electron chi connectivity index (χ4n) is 3.06. The summed E-state index contributed by atoms with van der Waals surface area (Å²) in [6.07, 6.45) is 2.51. The van der Waals surface area contributed by atoms with E-state index < -0.39 is 6.09 Å². The number of rotatable bonds is 8.